The summed E-state index contributed by atoms with van der Waals surface area (Å²) in [6, 6.07) is 0. The molecule has 1 saturated carbocycles. The summed E-state index contributed by atoms with van der Waals surface area (Å²) in [5, 5.41) is 9.41. The van der Waals surface area contributed by atoms with E-state index in [0.29, 0.717) is 11.8 Å². The van der Waals surface area contributed by atoms with Gasteiger partial charge in [0, 0.05) is 5.92 Å². The molecule has 1 saturated heterocycles. The molecule has 20 heavy (non-hydrogen) atoms. The number of carbonyl (C=O) groups is 1. The number of hydrogen-bond donors (Lipinski definition) is 1. The minimum absolute atomic E-state index is 0.0138. The van der Waals surface area contributed by atoms with Crippen LogP contribution in [0.4, 0.5) is 0 Å². The van der Waals surface area contributed by atoms with Gasteiger partial charge in [-0.3, -0.25) is 4.79 Å². The first-order valence-corrected chi connectivity index (χ1v) is 7.68. The summed E-state index contributed by atoms with van der Waals surface area (Å²) in [4.78, 5) is 23.0. The fourth-order valence-corrected chi connectivity index (χ4v) is 4.38. The van der Waals surface area contributed by atoms with Gasteiger partial charge in [0.15, 0.2) is 0 Å². The summed E-state index contributed by atoms with van der Waals surface area (Å²) < 4.78 is 0. The number of hydrogen-bond acceptors (Lipinski definition) is 3. The molecule has 4 nitrogen and oxygen atoms in total. The average molecular weight is 280 g/mol. The highest BCUT2D eigenvalue weighted by Gasteiger charge is 2.58. The molecule has 2 aliphatic heterocycles. The van der Waals surface area contributed by atoms with Gasteiger partial charge in [-0.1, -0.05) is 26.0 Å². The van der Waals surface area contributed by atoms with E-state index in [1.165, 1.54) is 0 Å². The van der Waals surface area contributed by atoms with Crippen molar-refractivity contribution < 1.29 is 19.7 Å². The van der Waals surface area contributed by atoms with Gasteiger partial charge < -0.3 is 5.11 Å². The molecule has 0 unspecified atom stereocenters. The Hall–Kier alpha value is -0.870. The second kappa shape index (κ2) is 4.57. The SMILES string of the molecule is C[C@@H]1CC[C@@H]([C@@H](C)C(=O)O)[C@@]23C=C[C@@](C)(CC[C@@H]12)OO3. The lowest BCUT2D eigenvalue weighted by molar-refractivity contribution is -0.414. The van der Waals surface area contributed by atoms with E-state index < -0.39 is 17.5 Å². The maximum absolute atomic E-state index is 11.5. The van der Waals surface area contributed by atoms with E-state index in [1.54, 1.807) is 6.92 Å². The minimum atomic E-state index is -0.743. The van der Waals surface area contributed by atoms with Crippen molar-refractivity contribution in [3.63, 3.8) is 0 Å². The Morgan fingerprint density at radius 3 is 2.65 bits per heavy atom. The van der Waals surface area contributed by atoms with Crippen LogP contribution in [-0.4, -0.2) is 22.3 Å². The zero-order valence-electron chi connectivity index (χ0n) is 12.5. The molecule has 4 aliphatic rings. The lowest BCUT2D eigenvalue weighted by atomic mass is 9.60. The predicted octanol–water partition coefficient (Wildman–Crippen LogP) is 3.18. The van der Waals surface area contributed by atoms with Gasteiger partial charge in [-0.25, -0.2) is 9.78 Å². The molecule has 0 amide bonds. The Labute approximate surface area is 120 Å². The minimum Gasteiger partial charge on any atom is -0.481 e. The monoisotopic (exact) mass is 280 g/mol. The lowest BCUT2D eigenvalue weighted by Crippen LogP contribution is -2.55. The van der Waals surface area contributed by atoms with Gasteiger partial charge in [0.25, 0.3) is 0 Å². The molecular formula is C16H24O4. The van der Waals surface area contributed by atoms with E-state index in [2.05, 4.69) is 19.1 Å². The Morgan fingerprint density at radius 1 is 1.30 bits per heavy atom. The highest BCUT2D eigenvalue weighted by atomic mass is 17.2. The Balaban J connectivity index is 2.02. The van der Waals surface area contributed by atoms with Crippen LogP contribution in [0.15, 0.2) is 12.2 Å². The molecule has 0 aromatic rings. The molecule has 1 N–H and O–H groups in total. The van der Waals surface area contributed by atoms with Crippen LogP contribution < -0.4 is 0 Å². The van der Waals surface area contributed by atoms with Crippen LogP contribution in [0, 0.1) is 23.7 Å². The normalized spacial score (nSPS) is 48.5. The molecule has 2 heterocycles. The van der Waals surface area contributed by atoms with Crippen molar-refractivity contribution in [2.75, 3.05) is 0 Å². The highest BCUT2D eigenvalue weighted by Crippen LogP contribution is 2.55. The maximum Gasteiger partial charge on any atom is 0.306 e. The number of aliphatic carboxylic acids is 1. The molecule has 0 aromatic carbocycles. The third kappa shape index (κ3) is 1.92. The van der Waals surface area contributed by atoms with Gasteiger partial charge in [-0.2, -0.15) is 0 Å². The molecule has 4 rings (SSSR count). The van der Waals surface area contributed by atoms with E-state index in [1.807, 2.05) is 6.92 Å². The van der Waals surface area contributed by atoms with E-state index >= 15 is 0 Å². The molecule has 112 valence electrons. The predicted molar refractivity (Wildman–Crippen MR) is 73.9 cm³/mol. The second-order valence-electron chi connectivity index (χ2n) is 7.10. The van der Waals surface area contributed by atoms with Crippen LogP contribution in [0.3, 0.4) is 0 Å². The van der Waals surface area contributed by atoms with Crippen LogP contribution >= 0.6 is 0 Å². The molecule has 4 heteroatoms. The molecule has 2 bridgehead atoms. The van der Waals surface area contributed by atoms with Crippen molar-refractivity contribution in [3.8, 4) is 0 Å². The summed E-state index contributed by atoms with van der Waals surface area (Å²) >= 11 is 0. The third-order valence-corrected chi connectivity index (χ3v) is 5.80. The topological polar surface area (TPSA) is 55.8 Å². The number of rotatable bonds is 2. The number of carboxylic acids is 1. The molecule has 0 aromatic heterocycles. The smallest absolute Gasteiger partial charge is 0.306 e. The number of fused-ring (bicyclic) bond motifs is 2. The van der Waals surface area contributed by atoms with E-state index in [4.69, 9.17) is 9.78 Å². The molecule has 2 aliphatic carbocycles. The van der Waals surface area contributed by atoms with Crippen LogP contribution in [0.25, 0.3) is 0 Å². The molecule has 2 fully saturated rings. The fraction of sp³-hybridized carbons (Fsp3) is 0.812. The van der Waals surface area contributed by atoms with Crippen molar-refractivity contribution in [3.05, 3.63) is 12.2 Å². The first-order chi connectivity index (χ1) is 9.38. The standard InChI is InChI=1S/C16H24O4/c1-10-4-5-13(11(2)14(17)18)16-9-8-15(3,19-20-16)7-6-12(10)16/h8-13H,4-7H2,1-3H3,(H,17,18)/t10-,11-,12+,13+,15-,16-/m1/s1. The van der Waals surface area contributed by atoms with Crippen LogP contribution in [0.5, 0.6) is 0 Å². The summed E-state index contributed by atoms with van der Waals surface area (Å²) in [5.74, 6) is -0.280. The van der Waals surface area contributed by atoms with Crippen LogP contribution in [0.2, 0.25) is 0 Å². The number of carboxylic acid groups (broad SMARTS) is 1. The van der Waals surface area contributed by atoms with Gasteiger partial charge in [-0.05, 0) is 44.4 Å². The van der Waals surface area contributed by atoms with E-state index in [9.17, 15) is 9.90 Å². The summed E-state index contributed by atoms with van der Waals surface area (Å²) in [6.45, 7) is 6.09. The van der Waals surface area contributed by atoms with Crippen molar-refractivity contribution in [1.29, 1.82) is 0 Å². The van der Waals surface area contributed by atoms with Crippen molar-refractivity contribution in [2.24, 2.45) is 23.7 Å². The fourth-order valence-electron chi connectivity index (χ4n) is 4.38. The molecule has 0 radical (unpaired) electrons. The maximum atomic E-state index is 11.5. The Morgan fingerprint density at radius 2 is 2.05 bits per heavy atom. The zero-order chi connectivity index (χ0) is 14.5. The Bertz CT molecular complexity index is 446. The highest BCUT2D eigenvalue weighted by molar-refractivity contribution is 5.70. The molecule has 6 atom stereocenters. The van der Waals surface area contributed by atoms with E-state index in [0.717, 1.165) is 25.7 Å². The Kier molecular flexibility index (Phi) is 3.22. The van der Waals surface area contributed by atoms with Gasteiger partial charge in [0.05, 0.1) is 5.92 Å². The van der Waals surface area contributed by atoms with Crippen LogP contribution in [0.1, 0.15) is 46.5 Å². The van der Waals surface area contributed by atoms with Gasteiger partial charge >= 0.3 is 5.97 Å². The molecular weight excluding hydrogens is 256 g/mol. The molecule has 1 spiro atoms. The van der Waals surface area contributed by atoms with E-state index in [-0.39, 0.29) is 11.5 Å². The first kappa shape index (κ1) is 14.1. The van der Waals surface area contributed by atoms with Crippen molar-refractivity contribution in [1.82, 2.24) is 0 Å². The largest absolute Gasteiger partial charge is 0.481 e. The summed E-state index contributed by atoms with van der Waals surface area (Å²) in [6.07, 6.45) is 8.14. The van der Waals surface area contributed by atoms with Crippen molar-refractivity contribution in [2.45, 2.75) is 57.7 Å². The average Bonchev–Trinajstić information content (AvgIpc) is 2.65. The van der Waals surface area contributed by atoms with Gasteiger partial charge in [0.2, 0.25) is 0 Å². The zero-order valence-corrected chi connectivity index (χ0v) is 12.5. The van der Waals surface area contributed by atoms with Crippen LogP contribution in [-0.2, 0) is 14.6 Å². The van der Waals surface area contributed by atoms with Gasteiger partial charge in [-0.15, -0.1) is 0 Å². The van der Waals surface area contributed by atoms with Gasteiger partial charge in [0.1, 0.15) is 11.2 Å². The lowest BCUT2D eigenvalue weighted by Gasteiger charge is -2.50. The third-order valence-electron chi connectivity index (χ3n) is 5.80. The van der Waals surface area contributed by atoms with Crippen molar-refractivity contribution >= 4 is 5.97 Å². The first-order valence-electron chi connectivity index (χ1n) is 7.68. The second-order valence-corrected chi connectivity index (χ2v) is 7.10. The summed E-state index contributed by atoms with van der Waals surface area (Å²) in [7, 11) is 0. The summed E-state index contributed by atoms with van der Waals surface area (Å²) in [5.41, 5.74) is -0.898. The quantitative estimate of drug-likeness (QED) is 0.623.